The molecule has 2 unspecified atom stereocenters. The molecule has 1 aromatic rings. The molecule has 4 nitrogen and oxygen atoms in total. The molecule has 0 amide bonds. The third-order valence-electron chi connectivity index (χ3n) is 4.23. The number of benzene rings is 1. The van der Waals surface area contributed by atoms with E-state index in [1.165, 1.54) is 0 Å². The Bertz CT molecular complexity index is 525. The Hall–Kier alpha value is -0.910. The molecular weight excluding hydrogens is 274 g/mol. The summed E-state index contributed by atoms with van der Waals surface area (Å²) in [4.78, 5) is 0.313. The van der Waals surface area contributed by atoms with Gasteiger partial charge in [-0.1, -0.05) is 25.5 Å². The third-order valence-corrected chi connectivity index (χ3v) is 5.67. The van der Waals surface area contributed by atoms with Crippen LogP contribution in [-0.2, 0) is 16.4 Å². The predicted octanol–water partition coefficient (Wildman–Crippen LogP) is 1.94. The number of nitrogens with one attached hydrogen (secondary N) is 1. The molecule has 2 atom stereocenters. The van der Waals surface area contributed by atoms with Crippen molar-refractivity contribution in [2.24, 2.45) is 11.8 Å². The maximum absolute atomic E-state index is 12.2. The second-order valence-corrected chi connectivity index (χ2v) is 7.25. The molecule has 1 fully saturated rings. The van der Waals surface area contributed by atoms with E-state index in [9.17, 15) is 13.5 Å². The zero-order valence-corrected chi connectivity index (χ0v) is 12.7. The minimum absolute atomic E-state index is 0.150. The molecular formula is C15H23NO3S. The average molecular weight is 297 g/mol. The number of rotatable bonds is 6. The first-order chi connectivity index (χ1) is 9.56. The van der Waals surface area contributed by atoms with Crippen LogP contribution in [0.15, 0.2) is 29.2 Å². The highest BCUT2D eigenvalue weighted by Gasteiger charge is 2.27. The molecule has 1 aliphatic rings. The van der Waals surface area contributed by atoms with Crippen LogP contribution in [0, 0.1) is 11.8 Å². The topological polar surface area (TPSA) is 66.4 Å². The molecule has 0 bridgehead atoms. The van der Waals surface area contributed by atoms with Crippen molar-refractivity contribution >= 4 is 10.0 Å². The Labute approximate surface area is 121 Å². The highest BCUT2D eigenvalue weighted by Crippen LogP contribution is 2.30. The second kappa shape index (κ2) is 6.70. The monoisotopic (exact) mass is 297 g/mol. The quantitative estimate of drug-likeness (QED) is 0.843. The molecule has 0 aromatic heterocycles. The van der Waals surface area contributed by atoms with Crippen LogP contribution in [0.1, 0.15) is 31.7 Å². The van der Waals surface area contributed by atoms with Crippen molar-refractivity contribution in [2.75, 3.05) is 13.2 Å². The van der Waals surface area contributed by atoms with Crippen LogP contribution in [0.3, 0.4) is 0 Å². The van der Waals surface area contributed by atoms with Crippen molar-refractivity contribution in [1.82, 2.24) is 4.72 Å². The SMILES string of the molecule is CCc1ccc(S(=O)(=O)NCC2CCCC2CO)cc1. The predicted molar refractivity (Wildman–Crippen MR) is 78.9 cm³/mol. The maximum atomic E-state index is 12.2. The van der Waals surface area contributed by atoms with E-state index < -0.39 is 10.0 Å². The van der Waals surface area contributed by atoms with E-state index in [-0.39, 0.29) is 18.4 Å². The molecule has 5 heteroatoms. The van der Waals surface area contributed by atoms with Crippen molar-refractivity contribution in [2.45, 2.75) is 37.5 Å². The molecule has 20 heavy (non-hydrogen) atoms. The molecule has 0 radical (unpaired) electrons. The summed E-state index contributed by atoms with van der Waals surface area (Å²) in [5.41, 5.74) is 1.13. The Morgan fingerprint density at radius 1 is 1.20 bits per heavy atom. The molecule has 0 heterocycles. The molecule has 1 aromatic carbocycles. The largest absolute Gasteiger partial charge is 0.396 e. The lowest BCUT2D eigenvalue weighted by Crippen LogP contribution is -2.31. The standard InChI is InChI=1S/C15H23NO3S/c1-2-12-6-8-15(9-7-12)20(18,19)16-10-13-4-3-5-14(13)11-17/h6-9,13-14,16-17H,2-5,10-11H2,1H3. The summed E-state index contributed by atoms with van der Waals surface area (Å²) in [6, 6.07) is 7.00. The molecule has 1 saturated carbocycles. The Balaban J connectivity index is 1.99. The molecule has 0 saturated heterocycles. The molecule has 2 N–H and O–H groups in total. The first-order valence-corrected chi connectivity index (χ1v) is 8.74. The smallest absolute Gasteiger partial charge is 0.240 e. The van der Waals surface area contributed by atoms with Gasteiger partial charge in [-0.2, -0.15) is 0 Å². The Morgan fingerprint density at radius 3 is 2.45 bits per heavy atom. The number of aryl methyl sites for hydroxylation is 1. The summed E-state index contributed by atoms with van der Waals surface area (Å²) in [7, 11) is -3.44. The highest BCUT2D eigenvalue weighted by molar-refractivity contribution is 7.89. The molecule has 0 aliphatic heterocycles. The summed E-state index contributed by atoms with van der Waals surface area (Å²) in [6.07, 6.45) is 3.95. The van der Waals surface area contributed by atoms with Crippen LogP contribution in [0.5, 0.6) is 0 Å². The summed E-state index contributed by atoms with van der Waals surface area (Å²) in [5, 5.41) is 9.26. The highest BCUT2D eigenvalue weighted by atomic mass is 32.2. The molecule has 2 rings (SSSR count). The van der Waals surface area contributed by atoms with Gasteiger partial charge in [-0.25, -0.2) is 13.1 Å². The Morgan fingerprint density at radius 2 is 1.85 bits per heavy atom. The van der Waals surface area contributed by atoms with Crippen molar-refractivity contribution in [1.29, 1.82) is 0 Å². The number of hydrogen-bond donors (Lipinski definition) is 2. The van der Waals surface area contributed by atoms with Gasteiger partial charge >= 0.3 is 0 Å². The summed E-state index contributed by atoms with van der Waals surface area (Å²) >= 11 is 0. The lowest BCUT2D eigenvalue weighted by molar-refractivity contribution is 0.195. The fourth-order valence-electron chi connectivity index (χ4n) is 2.83. The van der Waals surface area contributed by atoms with Crippen molar-refractivity contribution < 1.29 is 13.5 Å². The van der Waals surface area contributed by atoms with E-state index in [1.807, 2.05) is 19.1 Å². The first-order valence-electron chi connectivity index (χ1n) is 7.26. The van der Waals surface area contributed by atoms with Gasteiger partial charge in [0.05, 0.1) is 4.90 Å². The Kier molecular flexibility index (Phi) is 5.18. The minimum Gasteiger partial charge on any atom is -0.396 e. The van der Waals surface area contributed by atoms with Gasteiger partial charge in [0.15, 0.2) is 0 Å². The number of aliphatic hydroxyl groups is 1. The molecule has 112 valence electrons. The lowest BCUT2D eigenvalue weighted by Gasteiger charge is -2.17. The van der Waals surface area contributed by atoms with Crippen LogP contribution in [-0.4, -0.2) is 26.7 Å². The maximum Gasteiger partial charge on any atom is 0.240 e. The van der Waals surface area contributed by atoms with Gasteiger partial charge in [0.1, 0.15) is 0 Å². The van der Waals surface area contributed by atoms with E-state index in [0.29, 0.717) is 11.4 Å². The number of aliphatic hydroxyl groups excluding tert-OH is 1. The van der Waals surface area contributed by atoms with Crippen molar-refractivity contribution in [3.05, 3.63) is 29.8 Å². The zero-order valence-electron chi connectivity index (χ0n) is 11.9. The van der Waals surface area contributed by atoms with Gasteiger partial charge < -0.3 is 5.11 Å². The van der Waals surface area contributed by atoms with Crippen LogP contribution in [0.4, 0.5) is 0 Å². The van der Waals surface area contributed by atoms with Crippen molar-refractivity contribution in [3.8, 4) is 0 Å². The minimum atomic E-state index is -3.44. The fraction of sp³-hybridized carbons (Fsp3) is 0.600. The third kappa shape index (κ3) is 3.59. The van der Waals surface area contributed by atoms with Gasteiger partial charge in [-0.3, -0.25) is 0 Å². The second-order valence-electron chi connectivity index (χ2n) is 5.48. The normalized spacial score (nSPS) is 23.1. The zero-order chi connectivity index (χ0) is 14.6. The van der Waals surface area contributed by atoms with E-state index in [1.54, 1.807) is 12.1 Å². The van der Waals surface area contributed by atoms with E-state index in [2.05, 4.69) is 4.72 Å². The van der Waals surface area contributed by atoms with Gasteiger partial charge in [0.25, 0.3) is 0 Å². The van der Waals surface area contributed by atoms with E-state index in [4.69, 9.17) is 0 Å². The summed E-state index contributed by atoms with van der Waals surface area (Å²) < 4.78 is 27.1. The van der Waals surface area contributed by atoms with Gasteiger partial charge in [0.2, 0.25) is 10.0 Å². The van der Waals surface area contributed by atoms with Gasteiger partial charge in [0, 0.05) is 13.2 Å². The number of sulfonamides is 1. The number of hydrogen-bond acceptors (Lipinski definition) is 3. The van der Waals surface area contributed by atoms with Crippen LogP contribution in [0.25, 0.3) is 0 Å². The van der Waals surface area contributed by atoms with Gasteiger partial charge in [-0.05, 0) is 48.8 Å². The van der Waals surface area contributed by atoms with Crippen LogP contribution in [0.2, 0.25) is 0 Å². The van der Waals surface area contributed by atoms with E-state index in [0.717, 1.165) is 31.2 Å². The van der Waals surface area contributed by atoms with Gasteiger partial charge in [-0.15, -0.1) is 0 Å². The van der Waals surface area contributed by atoms with Crippen LogP contribution < -0.4 is 4.72 Å². The summed E-state index contributed by atoms with van der Waals surface area (Å²) in [5.74, 6) is 0.491. The fourth-order valence-corrected chi connectivity index (χ4v) is 3.92. The summed E-state index contributed by atoms with van der Waals surface area (Å²) in [6.45, 7) is 2.61. The van der Waals surface area contributed by atoms with Crippen molar-refractivity contribution in [3.63, 3.8) is 0 Å². The van der Waals surface area contributed by atoms with E-state index >= 15 is 0 Å². The lowest BCUT2D eigenvalue weighted by atomic mass is 9.97. The average Bonchev–Trinajstić information content (AvgIpc) is 2.93. The molecule has 1 aliphatic carbocycles. The molecule has 0 spiro atoms. The first kappa shape index (κ1) is 15.5. The van der Waals surface area contributed by atoms with Crippen LogP contribution >= 0.6 is 0 Å².